The van der Waals surface area contributed by atoms with E-state index in [9.17, 15) is 5.11 Å². The summed E-state index contributed by atoms with van der Waals surface area (Å²) in [6.45, 7) is 0. The van der Waals surface area contributed by atoms with E-state index in [1.54, 1.807) is 0 Å². The summed E-state index contributed by atoms with van der Waals surface area (Å²) in [5.74, 6) is 1.35. The van der Waals surface area contributed by atoms with E-state index in [-0.39, 0.29) is 6.10 Å². The van der Waals surface area contributed by atoms with Crippen molar-refractivity contribution in [2.75, 3.05) is 0 Å². The molecule has 0 aromatic carbocycles. The summed E-state index contributed by atoms with van der Waals surface area (Å²) in [4.78, 5) is 0. The topological polar surface area (TPSA) is 20.2 Å². The van der Waals surface area contributed by atoms with Crippen molar-refractivity contribution in [3.05, 3.63) is 12.2 Å². The van der Waals surface area contributed by atoms with Gasteiger partial charge in [0.1, 0.15) is 0 Å². The normalized spacial score (nSPS) is 47.9. The third-order valence-electron chi connectivity index (χ3n) is 2.64. The predicted octanol–water partition coefficient (Wildman–Crippen LogP) is 1.33. The molecule has 0 amide bonds. The first-order chi connectivity index (χ1) is 4.38. The van der Waals surface area contributed by atoms with Crippen LogP contribution in [0.1, 0.15) is 19.3 Å². The lowest BCUT2D eigenvalue weighted by Crippen LogP contribution is -2.36. The summed E-state index contributed by atoms with van der Waals surface area (Å²) in [5.41, 5.74) is 0. The highest BCUT2D eigenvalue weighted by molar-refractivity contribution is 5.05. The van der Waals surface area contributed by atoms with Gasteiger partial charge in [0.05, 0.1) is 6.10 Å². The third kappa shape index (κ3) is 0.715. The fourth-order valence-corrected chi connectivity index (χ4v) is 1.84. The Balaban J connectivity index is 2.11. The molecule has 0 aliphatic heterocycles. The molecule has 9 heavy (non-hydrogen) atoms. The predicted molar refractivity (Wildman–Crippen MR) is 36.0 cm³/mol. The summed E-state index contributed by atoms with van der Waals surface area (Å²) >= 11 is 0. The number of hydrogen-bond acceptors (Lipinski definition) is 1. The molecular weight excluding hydrogens is 112 g/mol. The zero-order valence-corrected chi connectivity index (χ0v) is 5.46. The van der Waals surface area contributed by atoms with Crippen molar-refractivity contribution >= 4 is 0 Å². The Hall–Kier alpha value is -0.300. The van der Waals surface area contributed by atoms with Crippen LogP contribution < -0.4 is 0 Å². The molecule has 50 valence electrons. The highest BCUT2D eigenvalue weighted by Crippen LogP contribution is 2.41. The van der Waals surface area contributed by atoms with Crippen LogP contribution in [-0.2, 0) is 0 Å². The third-order valence-corrected chi connectivity index (χ3v) is 2.64. The minimum absolute atomic E-state index is 0.0197. The first-order valence-electron chi connectivity index (χ1n) is 3.72. The average molecular weight is 124 g/mol. The van der Waals surface area contributed by atoms with E-state index in [4.69, 9.17) is 0 Å². The Labute approximate surface area is 55.4 Å². The van der Waals surface area contributed by atoms with Gasteiger partial charge in [-0.1, -0.05) is 12.2 Å². The highest BCUT2D eigenvalue weighted by atomic mass is 16.3. The Morgan fingerprint density at radius 2 is 2.22 bits per heavy atom. The van der Waals surface area contributed by atoms with Crippen LogP contribution in [0.5, 0.6) is 0 Å². The lowest BCUT2D eigenvalue weighted by molar-refractivity contribution is 0.0264. The molecule has 2 rings (SSSR count). The number of fused-ring (bicyclic) bond motifs is 1. The second-order valence-electron chi connectivity index (χ2n) is 3.14. The maximum Gasteiger partial charge on any atom is 0.0608 e. The Bertz CT molecular complexity index is 140. The molecular formula is C8H12O. The van der Waals surface area contributed by atoms with Gasteiger partial charge in [0.15, 0.2) is 0 Å². The van der Waals surface area contributed by atoms with E-state index in [1.165, 1.54) is 12.8 Å². The van der Waals surface area contributed by atoms with Crippen molar-refractivity contribution in [2.45, 2.75) is 25.4 Å². The molecule has 0 spiro atoms. The van der Waals surface area contributed by atoms with E-state index in [0.29, 0.717) is 5.92 Å². The van der Waals surface area contributed by atoms with Crippen LogP contribution >= 0.6 is 0 Å². The molecule has 3 atom stereocenters. The van der Waals surface area contributed by atoms with Crippen LogP contribution in [0.2, 0.25) is 0 Å². The van der Waals surface area contributed by atoms with Crippen molar-refractivity contribution < 1.29 is 5.11 Å². The second-order valence-corrected chi connectivity index (χ2v) is 3.14. The standard InChI is InChI=1S/C8H12O/c9-8-3-1-2-6-4-5-7(6)8/h1-2,6-9H,3-5H2/t6-,7+,8-/m1/s1. The van der Waals surface area contributed by atoms with Gasteiger partial charge in [0, 0.05) is 0 Å². The molecule has 1 heteroatoms. The smallest absolute Gasteiger partial charge is 0.0608 e. The van der Waals surface area contributed by atoms with Crippen molar-refractivity contribution in [1.29, 1.82) is 0 Å². The SMILES string of the molecule is O[C@@H]1CC=C[C@@H]2CC[C@H]12. The van der Waals surface area contributed by atoms with E-state index in [1.807, 2.05) is 0 Å². The number of hydrogen-bond donors (Lipinski definition) is 1. The van der Waals surface area contributed by atoms with Crippen molar-refractivity contribution in [3.8, 4) is 0 Å². The van der Waals surface area contributed by atoms with Crippen LogP contribution in [-0.4, -0.2) is 11.2 Å². The molecule has 2 aliphatic carbocycles. The summed E-state index contributed by atoms with van der Waals surface area (Å²) in [6.07, 6.45) is 7.80. The highest BCUT2D eigenvalue weighted by Gasteiger charge is 2.35. The van der Waals surface area contributed by atoms with Gasteiger partial charge in [-0.25, -0.2) is 0 Å². The molecule has 0 heterocycles. The largest absolute Gasteiger partial charge is 0.392 e. The molecule has 0 saturated heterocycles. The van der Waals surface area contributed by atoms with Gasteiger partial charge in [-0.05, 0) is 31.1 Å². The maximum absolute atomic E-state index is 9.35. The Morgan fingerprint density at radius 3 is 2.67 bits per heavy atom. The van der Waals surface area contributed by atoms with Gasteiger partial charge >= 0.3 is 0 Å². The molecule has 0 unspecified atom stereocenters. The first kappa shape index (κ1) is 5.48. The fourth-order valence-electron chi connectivity index (χ4n) is 1.84. The van der Waals surface area contributed by atoms with Gasteiger partial charge in [0.25, 0.3) is 0 Å². The van der Waals surface area contributed by atoms with Crippen LogP contribution in [0.4, 0.5) is 0 Å². The zero-order valence-electron chi connectivity index (χ0n) is 5.46. The van der Waals surface area contributed by atoms with Crippen LogP contribution in [0, 0.1) is 11.8 Å². The first-order valence-corrected chi connectivity index (χ1v) is 3.72. The van der Waals surface area contributed by atoms with E-state index < -0.39 is 0 Å². The minimum atomic E-state index is -0.0197. The van der Waals surface area contributed by atoms with E-state index in [0.717, 1.165) is 12.3 Å². The summed E-state index contributed by atoms with van der Waals surface area (Å²) < 4.78 is 0. The average Bonchev–Trinajstić information content (AvgIpc) is 1.74. The van der Waals surface area contributed by atoms with E-state index >= 15 is 0 Å². The number of allylic oxidation sites excluding steroid dienone is 1. The molecule has 2 aliphatic rings. The van der Waals surface area contributed by atoms with Gasteiger partial charge < -0.3 is 5.11 Å². The van der Waals surface area contributed by atoms with Crippen molar-refractivity contribution in [2.24, 2.45) is 11.8 Å². The lowest BCUT2D eigenvalue weighted by Gasteiger charge is -2.40. The molecule has 1 saturated carbocycles. The molecule has 1 nitrogen and oxygen atoms in total. The molecule has 1 N–H and O–H groups in total. The monoisotopic (exact) mass is 124 g/mol. The van der Waals surface area contributed by atoms with Crippen LogP contribution in [0.3, 0.4) is 0 Å². The second kappa shape index (κ2) is 1.84. The quantitative estimate of drug-likeness (QED) is 0.483. The fraction of sp³-hybridized carbons (Fsp3) is 0.750. The van der Waals surface area contributed by atoms with Gasteiger partial charge in [0.2, 0.25) is 0 Å². The van der Waals surface area contributed by atoms with Crippen LogP contribution in [0.15, 0.2) is 12.2 Å². The lowest BCUT2D eigenvalue weighted by atomic mass is 9.67. The van der Waals surface area contributed by atoms with Gasteiger partial charge in [-0.15, -0.1) is 0 Å². The Morgan fingerprint density at radius 1 is 1.33 bits per heavy atom. The Kier molecular flexibility index (Phi) is 1.12. The van der Waals surface area contributed by atoms with Crippen molar-refractivity contribution in [1.82, 2.24) is 0 Å². The molecule has 1 fully saturated rings. The molecule has 0 aromatic rings. The number of aliphatic hydroxyl groups is 1. The van der Waals surface area contributed by atoms with Gasteiger partial charge in [-0.2, -0.15) is 0 Å². The molecule has 0 aromatic heterocycles. The summed E-state index contributed by atoms with van der Waals surface area (Å²) in [6, 6.07) is 0. The maximum atomic E-state index is 9.35. The van der Waals surface area contributed by atoms with Crippen LogP contribution in [0.25, 0.3) is 0 Å². The number of rotatable bonds is 0. The molecule has 0 bridgehead atoms. The summed E-state index contributed by atoms with van der Waals surface area (Å²) in [7, 11) is 0. The minimum Gasteiger partial charge on any atom is -0.392 e. The van der Waals surface area contributed by atoms with Crippen molar-refractivity contribution in [3.63, 3.8) is 0 Å². The van der Waals surface area contributed by atoms with Gasteiger partial charge in [-0.3, -0.25) is 0 Å². The zero-order chi connectivity index (χ0) is 6.27. The van der Waals surface area contributed by atoms with E-state index in [2.05, 4.69) is 12.2 Å². The molecule has 0 radical (unpaired) electrons. The number of aliphatic hydroxyl groups excluding tert-OH is 1. The summed E-state index contributed by atoms with van der Waals surface area (Å²) in [5, 5.41) is 9.35.